The Morgan fingerprint density at radius 2 is 0.967 bits per heavy atom. The zero-order valence-electron chi connectivity index (χ0n) is 37.4. The van der Waals surface area contributed by atoms with E-state index in [2.05, 4.69) is 86.8 Å². The number of hydrogen-bond acceptors (Lipinski definition) is 11. The van der Waals surface area contributed by atoms with Crippen LogP contribution in [0.3, 0.4) is 0 Å². The van der Waals surface area contributed by atoms with Crippen LogP contribution in [0.5, 0.6) is 0 Å². The number of carbonyl (C=O) groups excluding carboxylic acids is 1. The number of hydrogen-bond donors (Lipinski definition) is 6. The number of carbonyl (C=O) groups is 1. The summed E-state index contributed by atoms with van der Waals surface area (Å²) in [6.45, 7) is 4.05. The van der Waals surface area contributed by atoms with Crippen molar-refractivity contribution in [3.63, 3.8) is 0 Å². The molecule has 0 bridgehead atoms. The van der Waals surface area contributed by atoms with Crippen LogP contribution < -0.4 is 0 Å². The van der Waals surface area contributed by atoms with Gasteiger partial charge in [0.25, 0.3) is 0 Å². The first kappa shape index (κ1) is 56.8. The Labute approximate surface area is 368 Å². The molecule has 6 atom stereocenters. The van der Waals surface area contributed by atoms with Crippen LogP contribution in [0.25, 0.3) is 0 Å². The highest BCUT2D eigenvalue weighted by atomic mass is 31.2. The first-order valence-electron chi connectivity index (χ1n) is 23.3. The van der Waals surface area contributed by atoms with E-state index in [0.717, 1.165) is 103 Å². The lowest BCUT2D eigenvalue weighted by molar-refractivity contribution is -0.220. The molecule has 1 rings (SSSR count). The van der Waals surface area contributed by atoms with Gasteiger partial charge in [-0.2, -0.15) is 0 Å². The fraction of sp³-hybridized carbons (Fsp3) is 0.729. The van der Waals surface area contributed by atoms with Gasteiger partial charge in [0.1, 0.15) is 42.7 Å². The molecule has 0 aromatic carbocycles. The molecule has 1 fully saturated rings. The zero-order valence-corrected chi connectivity index (χ0v) is 38.3. The number of allylic oxidation sites excluding steroid dienone is 12. The standard InChI is InChI=1S/C48H83O12P/c1-3-5-7-9-11-13-15-17-19-20-21-22-23-24-26-28-30-32-34-36-38-57-39-41(40-58-61(55,56)60-48-46(53)44(51)43(50)45(52)47(48)54)59-42(49)37-35-33-31-29-27-25-18-16-14-12-10-8-6-4-2/h5,7,11,13,16-19,21-22,24,26,41,43-48,50-54H,3-4,6,8-10,12,14-15,20,23,25,27-40H2,1-2H3,(H,55,56)/b7-5-,13-11-,18-16-,19-17-,22-21-,26-24-. The fourth-order valence-corrected chi connectivity index (χ4v) is 7.58. The Morgan fingerprint density at radius 1 is 0.541 bits per heavy atom. The van der Waals surface area contributed by atoms with E-state index in [9.17, 15) is 39.8 Å². The maximum absolute atomic E-state index is 12.8. The van der Waals surface area contributed by atoms with Gasteiger partial charge >= 0.3 is 13.8 Å². The van der Waals surface area contributed by atoms with E-state index in [4.69, 9.17) is 18.5 Å². The molecule has 352 valence electrons. The molecule has 61 heavy (non-hydrogen) atoms. The molecule has 0 aliphatic heterocycles. The zero-order chi connectivity index (χ0) is 44.8. The van der Waals surface area contributed by atoms with E-state index in [1.165, 1.54) is 32.1 Å². The SMILES string of the molecule is CC/C=C\C/C=C\C/C=C\C/C=C\C/C=C\CCCCCCOCC(COP(=O)(O)OC1C(O)C(O)C(O)C(O)C1O)OC(=O)CCCCCCC/C=C\CCCCCCC. The second-order valence-electron chi connectivity index (χ2n) is 15.9. The maximum atomic E-state index is 12.8. The summed E-state index contributed by atoms with van der Waals surface area (Å²) in [6, 6.07) is 0. The van der Waals surface area contributed by atoms with E-state index >= 15 is 0 Å². The molecule has 6 N–H and O–H groups in total. The van der Waals surface area contributed by atoms with Gasteiger partial charge in [-0.1, -0.05) is 145 Å². The summed E-state index contributed by atoms with van der Waals surface area (Å²) in [4.78, 5) is 23.1. The number of rotatable bonds is 38. The number of aliphatic hydroxyl groups excluding tert-OH is 5. The van der Waals surface area contributed by atoms with Crippen molar-refractivity contribution < 1.29 is 58.3 Å². The average Bonchev–Trinajstić information content (AvgIpc) is 3.24. The first-order chi connectivity index (χ1) is 29.5. The van der Waals surface area contributed by atoms with E-state index in [0.29, 0.717) is 13.0 Å². The van der Waals surface area contributed by atoms with Crippen LogP contribution in [0, 0.1) is 0 Å². The van der Waals surface area contributed by atoms with Crippen molar-refractivity contribution in [2.45, 2.75) is 204 Å². The number of phosphoric ester groups is 1. The van der Waals surface area contributed by atoms with Crippen LogP contribution >= 0.6 is 7.82 Å². The molecular weight excluding hydrogens is 799 g/mol. The Morgan fingerprint density at radius 3 is 1.49 bits per heavy atom. The molecule has 1 saturated carbocycles. The van der Waals surface area contributed by atoms with Crippen molar-refractivity contribution in [2.75, 3.05) is 19.8 Å². The van der Waals surface area contributed by atoms with Crippen molar-refractivity contribution in [1.29, 1.82) is 0 Å². The smallest absolute Gasteiger partial charge is 0.457 e. The van der Waals surface area contributed by atoms with Crippen molar-refractivity contribution >= 4 is 13.8 Å². The Hall–Kier alpha value is -2.22. The molecule has 0 aromatic rings. The summed E-state index contributed by atoms with van der Waals surface area (Å²) in [6.07, 6.45) is 36.8. The average molecular weight is 883 g/mol. The monoisotopic (exact) mass is 883 g/mol. The van der Waals surface area contributed by atoms with E-state index in [1.807, 2.05) is 0 Å². The summed E-state index contributed by atoms with van der Waals surface area (Å²) >= 11 is 0. The summed E-state index contributed by atoms with van der Waals surface area (Å²) in [5, 5.41) is 50.2. The van der Waals surface area contributed by atoms with Crippen LogP contribution in [0.15, 0.2) is 72.9 Å². The second kappa shape index (κ2) is 38.3. The molecule has 6 unspecified atom stereocenters. The highest BCUT2D eigenvalue weighted by molar-refractivity contribution is 7.47. The molecule has 0 aromatic heterocycles. The van der Waals surface area contributed by atoms with Crippen molar-refractivity contribution in [1.82, 2.24) is 0 Å². The lowest BCUT2D eigenvalue weighted by atomic mass is 9.85. The molecule has 1 aliphatic rings. The number of aliphatic hydroxyl groups is 5. The molecule has 1 aliphatic carbocycles. The molecule has 0 saturated heterocycles. The van der Waals surface area contributed by atoms with Gasteiger partial charge in [-0.3, -0.25) is 13.8 Å². The van der Waals surface area contributed by atoms with Gasteiger partial charge in [0, 0.05) is 13.0 Å². The van der Waals surface area contributed by atoms with Gasteiger partial charge in [0.2, 0.25) is 0 Å². The summed E-state index contributed by atoms with van der Waals surface area (Å²) in [7, 11) is -5.03. The van der Waals surface area contributed by atoms with Gasteiger partial charge in [-0.25, -0.2) is 4.57 Å². The van der Waals surface area contributed by atoms with Crippen molar-refractivity contribution in [2.24, 2.45) is 0 Å². The van der Waals surface area contributed by atoms with Gasteiger partial charge in [0.05, 0.1) is 13.2 Å². The first-order valence-corrected chi connectivity index (χ1v) is 24.8. The molecule has 0 radical (unpaired) electrons. The van der Waals surface area contributed by atoms with Crippen molar-refractivity contribution in [3.05, 3.63) is 72.9 Å². The molecular formula is C48H83O12P. The summed E-state index contributed by atoms with van der Waals surface area (Å²) < 4.78 is 34.1. The Balaban J connectivity index is 2.42. The minimum absolute atomic E-state index is 0.101. The number of esters is 1. The number of unbranched alkanes of at least 4 members (excludes halogenated alkanes) is 14. The lowest BCUT2D eigenvalue weighted by Gasteiger charge is -2.41. The Kier molecular flexibility index (Phi) is 35.6. The molecule has 0 spiro atoms. The van der Waals surface area contributed by atoms with Crippen LogP contribution in [0.2, 0.25) is 0 Å². The summed E-state index contributed by atoms with van der Waals surface area (Å²) in [5.41, 5.74) is 0. The van der Waals surface area contributed by atoms with Crippen LogP contribution in [-0.4, -0.2) is 98.9 Å². The van der Waals surface area contributed by atoms with Gasteiger partial charge in [0.15, 0.2) is 0 Å². The highest BCUT2D eigenvalue weighted by Gasteiger charge is 2.51. The minimum Gasteiger partial charge on any atom is -0.457 e. The minimum atomic E-state index is -5.03. The largest absolute Gasteiger partial charge is 0.472 e. The van der Waals surface area contributed by atoms with E-state index in [1.54, 1.807) is 0 Å². The van der Waals surface area contributed by atoms with E-state index < -0.39 is 63.1 Å². The van der Waals surface area contributed by atoms with Crippen LogP contribution in [-0.2, 0) is 27.9 Å². The maximum Gasteiger partial charge on any atom is 0.472 e. The van der Waals surface area contributed by atoms with Gasteiger partial charge < -0.3 is 39.9 Å². The van der Waals surface area contributed by atoms with Gasteiger partial charge in [-0.05, 0) is 83.5 Å². The molecule has 0 heterocycles. The third-order valence-electron chi connectivity index (χ3n) is 10.3. The van der Waals surface area contributed by atoms with Crippen molar-refractivity contribution in [3.8, 4) is 0 Å². The number of ether oxygens (including phenoxy) is 2. The lowest BCUT2D eigenvalue weighted by Crippen LogP contribution is -2.64. The highest BCUT2D eigenvalue weighted by Crippen LogP contribution is 2.47. The predicted molar refractivity (Wildman–Crippen MR) is 244 cm³/mol. The van der Waals surface area contributed by atoms with E-state index in [-0.39, 0.29) is 13.0 Å². The predicted octanol–water partition coefficient (Wildman–Crippen LogP) is 9.58. The third kappa shape index (κ3) is 30.5. The van der Waals surface area contributed by atoms with Gasteiger partial charge in [-0.15, -0.1) is 0 Å². The normalized spacial score (nSPS) is 22.8. The van der Waals surface area contributed by atoms with Crippen LogP contribution in [0.1, 0.15) is 162 Å². The molecule has 12 nitrogen and oxygen atoms in total. The fourth-order valence-electron chi connectivity index (χ4n) is 6.61. The molecule has 0 amide bonds. The topological polar surface area (TPSA) is 192 Å². The second-order valence-corrected chi connectivity index (χ2v) is 17.3. The molecule has 13 heteroatoms. The third-order valence-corrected chi connectivity index (χ3v) is 11.3. The number of phosphoric acid groups is 1. The van der Waals surface area contributed by atoms with Crippen LogP contribution in [0.4, 0.5) is 0 Å². The summed E-state index contributed by atoms with van der Waals surface area (Å²) in [5.74, 6) is -0.499. The Bertz CT molecular complexity index is 1280. The quantitative estimate of drug-likeness (QED) is 0.0149.